The molecule has 0 radical (unpaired) electrons. The molecule has 6 nitrogen and oxygen atoms in total. The minimum absolute atomic E-state index is 0.205. The van der Waals surface area contributed by atoms with E-state index in [0.29, 0.717) is 10.4 Å². The lowest BCUT2D eigenvalue weighted by atomic mass is 10.1. The van der Waals surface area contributed by atoms with Crippen molar-refractivity contribution >= 4 is 38.9 Å². The Balaban J connectivity index is 1.75. The summed E-state index contributed by atoms with van der Waals surface area (Å²) >= 11 is 5.86. The van der Waals surface area contributed by atoms with Crippen molar-refractivity contribution in [3.8, 4) is 5.75 Å². The maximum Gasteiger partial charge on any atom is 0.417 e. The van der Waals surface area contributed by atoms with Gasteiger partial charge in [0, 0.05) is 5.69 Å². The maximum absolute atomic E-state index is 13.4. The Morgan fingerprint density at radius 2 is 1.69 bits per heavy atom. The monoisotopic (exact) mass is 596 g/mol. The summed E-state index contributed by atoms with van der Waals surface area (Å²) < 4.78 is 126. The number of rotatable bonds is 5. The van der Waals surface area contributed by atoms with Gasteiger partial charge >= 0.3 is 12.4 Å². The topological polar surface area (TPSA) is 75.7 Å². The molecule has 0 saturated heterocycles. The van der Waals surface area contributed by atoms with Crippen molar-refractivity contribution < 1.29 is 48.7 Å². The molecule has 0 aliphatic carbocycles. The average molecular weight is 597 g/mol. The van der Waals surface area contributed by atoms with Gasteiger partial charge in [0.1, 0.15) is 17.7 Å². The molecule has 39 heavy (non-hydrogen) atoms. The molecular formula is C24H16ClF7N2O4S. The predicted molar refractivity (Wildman–Crippen MR) is 127 cm³/mol. The fourth-order valence-corrected chi connectivity index (χ4v) is 5.66. The third kappa shape index (κ3) is 6.22. The number of hydrogen-bond acceptors (Lipinski definition) is 4. The number of nitrogens with one attached hydrogen (secondary N) is 1. The van der Waals surface area contributed by atoms with Crippen molar-refractivity contribution in [3.05, 3.63) is 82.6 Å². The zero-order valence-electron chi connectivity index (χ0n) is 19.3. The summed E-state index contributed by atoms with van der Waals surface area (Å²) in [5, 5.41) is 1.70. The third-order valence-corrected chi connectivity index (χ3v) is 7.66. The van der Waals surface area contributed by atoms with Gasteiger partial charge in [-0.15, -0.1) is 0 Å². The van der Waals surface area contributed by atoms with Gasteiger partial charge in [0.25, 0.3) is 15.9 Å². The molecule has 0 fully saturated rings. The van der Waals surface area contributed by atoms with E-state index in [0.717, 1.165) is 54.6 Å². The van der Waals surface area contributed by atoms with Gasteiger partial charge < -0.3 is 10.1 Å². The molecule has 1 aliphatic heterocycles. The highest BCUT2D eigenvalue weighted by Gasteiger charge is 2.41. The van der Waals surface area contributed by atoms with Crippen molar-refractivity contribution in [3.63, 3.8) is 0 Å². The second kappa shape index (κ2) is 10.2. The van der Waals surface area contributed by atoms with Crippen molar-refractivity contribution in [2.45, 2.75) is 29.8 Å². The maximum atomic E-state index is 13.4. The Kier molecular flexibility index (Phi) is 7.47. The molecular weight excluding hydrogens is 581 g/mol. The molecule has 208 valence electrons. The third-order valence-electron chi connectivity index (χ3n) is 5.56. The summed E-state index contributed by atoms with van der Waals surface area (Å²) in [6.07, 6.45) is -12.8. The Morgan fingerprint density at radius 3 is 2.31 bits per heavy atom. The lowest BCUT2D eigenvalue weighted by Gasteiger charge is -2.36. The van der Waals surface area contributed by atoms with Crippen LogP contribution in [0.3, 0.4) is 0 Å². The summed E-state index contributed by atoms with van der Waals surface area (Å²) in [4.78, 5) is 12.4. The number of ether oxygens (including phenoxy) is 1. The van der Waals surface area contributed by atoms with Gasteiger partial charge in [-0.05, 0) is 54.6 Å². The van der Waals surface area contributed by atoms with Crippen LogP contribution in [0.1, 0.15) is 22.3 Å². The molecule has 1 amide bonds. The van der Waals surface area contributed by atoms with Gasteiger partial charge in [-0.25, -0.2) is 12.8 Å². The second-order valence-corrected chi connectivity index (χ2v) is 10.6. The number of fused-ring (bicyclic) bond motifs is 1. The molecule has 0 spiro atoms. The molecule has 15 heteroatoms. The van der Waals surface area contributed by atoms with Crippen LogP contribution in [0.2, 0.25) is 5.02 Å². The van der Waals surface area contributed by atoms with E-state index in [2.05, 4.69) is 5.32 Å². The smallest absolute Gasteiger partial charge is 0.417 e. The normalized spacial score (nSPS) is 15.9. The van der Waals surface area contributed by atoms with E-state index >= 15 is 0 Å². The van der Waals surface area contributed by atoms with Crippen molar-refractivity contribution in [1.29, 1.82) is 0 Å². The number of nitrogens with zero attached hydrogens (tertiary/aromatic N) is 1. The van der Waals surface area contributed by atoms with Crippen LogP contribution in [0.5, 0.6) is 5.75 Å². The lowest BCUT2D eigenvalue weighted by Crippen LogP contribution is -2.45. The quantitative estimate of drug-likeness (QED) is 0.334. The average Bonchev–Trinajstić information content (AvgIpc) is 2.82. The highest BCUT2D eigenvalue weighted by molar-refractivity contribution is 7.92. The van der Waals surface area contributed by atoms with E-state index in [1.807, 2.05) is 0 Å². The predicted octanol–water partition coefficient (Wildman–Crippen LogP) is 6.66. The lowest BCUT2D eigenvalue weighted by molar-refractivity contribution is -0.150. The van der Waals surface area contributed by atoms with Crippen LogP contribution >= 0.6 is 11.6 Å². The van der Waals surface area contributed by atoms with E-state index < -0.39 is 74.2 Å². The van der Waals surface area contributed by atoms with Crippen LogP contribution in [-0.4, -0.2) is 33.1 Å². The summed E-state index contributed by atoms with van der Waals surface area (Å²) in [6.45, 7) is -0.799. The van der Waals surface area contributed by atoms with Crippen molar-refractivity contribution in [1.82, 2.24) is 0 Å². The molecule has 1 N–H and O–H groups in total. The zero-order valence-corrected chi connectivity index (χ0v) is 20.8. The molecule has 3 aromatic rings. The number of benzene rings is 3. The minimum atomic E-state index is -4.92. The zero-order chi connectivity index (χ0) is 28.8. The molecule has 3 aromatic carbocycles. The van der Waals surface area contributed by atoms with E-state index in [1.165, 1.54) is 0 Å². The van der Waals surface area contributed by atoms with Gasteiger partial charge in [-0.3, -0.25) is 9.10 Å². The summed E-state index contributed by atoms with van der Waals surface area (Å²) in [7, 11) is -4.57. The largest absolute Gasteiger partial charge is 0.486 e. The first-order valence-corrected chi connectivity index (χ1v) is 12.7. The van der Waals surface area contributed by atoms with Gasteiger partial charge in [-0.2, -0.15) is 26.3 Å². The Labute approximate surface area is 222 Å². The molecule has 1 atom stereocenters. The summed E-state index contributed by atoms with van der Waals surface area (Å²) in [6, 6.07) is 9.46. The summed E-state index contributed by atoms with van der Waals surface area (Å²) in [5.41, 5.74) is -2.71. The van der Waals surface area contributed by atoms with Crippen molar-refractivity contribution in [2.75, 3.05) is 16.2 Å². The van der Waals surface area contributed by atoms with E-state index in [9.17, 15) is 43.9 Å². The number of hydrogen-bond donors (Lipinski definition) is 1. The van der Waals surface area contributed by atoms with Gasteiger partial charge in [0.15, 0.2) is 0 Å². The van der Waals surface area contributed by atoms with Crippen LogP contribution < -0.4 is 14.4 Å². The van der Waals surface area contributed by atoms with Crippen LogP contribution in [0, 0.1) is 5.82 Å². The van der Waals surface area contributed by atoms with Crippen LogP contribution in [0.25, 0.3) is 0 Å². The summed E-state index contributed by atoms with van der Waals surface area (Å²) in [5.74, 6) is -2.32. The Morgan fingerprint density at radius 1 is 1.03 bits per heavy atom. The van der Waals surface area contributed by atoms with Crippen molar-refractivity contribution in [2.24, 2.45) is 0 Å². The minimum Gasteiger partial charge on any atom is -0.486 e. The highest BCUT2D eigenvalue weighted by Crippen LogP contribution is 2.41. The van der Waals surface area contributed by atoms with Crippen LogP contribution in [0.15, 0.2) is 65.6 Å². The molecule has 0 saturated carbocycles. The van der Waals surface area contributed by atoms with Crippen LogP contribution in [-0.2, 0) is 16.2 Å². The van der Waals surface area contributed by atoms with E-state index in [1.54, 1.807) is 0 Å². The fraction of sp³-hybridized carbons (Fsp3) is 0.208. The Hall–Kier alpha value is -3.52. The molecule has 4 rings (SSSR count). The molecule has 1 unspecified atom stereocenters. The number of anilines is 2. The first-order valence-electron chi connectivity index (χ1n) is 10.9. The highest BCUT2D eigenvalue weighted by atomic mass is 35.5. The second-order valence-electron chi connectivity index (χ2n) is 8.35. The number of alkyl halides is 6. The number of amides is 1. The fourth-order valence-electron chi connectivity index (χ4n) is 3.90. The van der Waals surface area contributed by atoms with E-state index in [-0.39, 0.29) is 17.1 Å². The number of sulfonamides is 1. The van der Waals surface area contributed by atoms with Gasteiger partial charge in [-0.1, -0.05) is 17.7 Å². The van der Waals surface area contributed by atoms with Gasteiger partial charge in [0.05, 0.1) is 39.7 Å². The number of carbonyl (C=O) groups excluding carboxylic acids is 1. The molecule has 0 bridgehead atoms. The Bertz CT molecular complexity index is 1510. The molecule has 1 aliphatic rings. The first kappa shape index (κ1) is 28.5. The standard InChI is InChI=1S/C24H16ClF7N2O4S/c25-18-3-1-2-17(24(30,31)32)21(18)22(35)33-14-6-9-20-19(10-14)34(12-15(38-20)11-23(27,28)29)39(36,37)16-7-4-13(26)5-8-16/h1-10,15H,11-12H2,(H,33,35). The van der Waals surface area contributed by atoms with E-state index in [4.69, 9.17) is 16.3 Å². The first-order chi connectivity index (χ1) is 18.1. The number of halogens is 8. The molecule has 1 heterocycles. The SMILES string of the molecule is O=C(Nc1ccc2c(c1)N(S(=O)(=O)c1ccc(F)cc1)CC(CC(F)(F)F)O2)c1c(Cl)cccc1C(F)(F)F. The molecule has 0 aromatic heterocycles. The number of carbonyl (C=O) groups is 1. The van der Waals surface area contributed by atoms with Gasteiger partial charge in [0.2, 0.25) is 0 Å². The van der Waals surface area contributed by atoms with Crippen LogP contribution in [0.4, 0.5) is 42.1 Å².